The zero-order valence-corrected chi connectivity index (χ0v) is 11.1. The predicted molar refractivity (Wildman–Crippen MR) is 71.7 cm³/mol. The molecule has 0 fully saturated rings. The number of pyridine rings is 1. The number of hydrogen-bond acceptors (Lipinski definition) is 3. The standard InChI is InChI=1S/C14H13FN2OS/c15-13-11(4-2-6-16-13)14(18)17-8-10-7-9-3-1-5-12(9)19-10/h2,4,6-7H,1,3,5,8H2,(H,17,18). The van der Waals surface area contributed by atoms with Crippen molar-refractivity contribution in [3.8, 4) is 0 Å². The molecule has 19 heavy (non-hydrogen) atoms. The Kier molecular flexibility index (Phi) is 3.29. The third-order valence-corrected chi connectivity index (χ3v) is 4.46. The fourth-order valence-corrected chi connectivity index (χ4v) is 3.50. The molecule has 5 heteroatoms. The number of hydrogen-bond donors (Lipinski definition) is 1. The van der Waals surface area contributed by atoms with Gasteiger partial charge in [0.25, 0.3) is 5.91 Å². The monoisotopic (exact) mass is 276 g/mol. The van der Waals surface area contributed by atoms with Gasteiger partial charge in [0.05, 0.1) is 12.1 Å². The molecule has 0 radical (unpaired) electrons. The van der Waals surface area contributed by atoms with Gasteiger partial charge in [-0.1, -0.05) is 0 Å². The number of amides is 1. The highest BCUT2D eigenvalue weighted by molar-refractivity contribution is 7.12. The highest BCUT2D eigenvalue weighted by atomic mass is 32.1. The van der Waals surface area contributed by atoms with Gasteiger partial charge in [-0.25, -0.2) is 4.98 Å². The predicted octanol–water partition coefficient (Wildman–Crippen LogP) is 2.70. The molecular weight excluding hydrogens is 263 g/mol. The first kappa shape index (κ1) is 12.3. The van der Waals surface area contributed by atoms with Crippen LogP contribution in [0.25, 0.3) is 0 Å². The molecule has 2 heterocycles. The third kappa shape index (κ3) is 2.51. The van der Waals surface area contributed by atoms with E-state index in [1.54, 1.807) is 17.4 Å². The van der Waals surface area contributed by atoms with Gasteiger partial charge >= 0.3 is 0 Å². The molecular formula is C14H13FN2OS. The minimum Gasteiger partial charge on any atom is -0.347 e. The second kappa shape index (κ2) is 5.09. The minimum absolute atomic E-state index is 0.00778. The molecule has 0 bridgehead atoms. The first-order valence-electron chi connectivity index (χ1n) is 6.23. The van der Waals surface area contributed by atoms with Crippen LogP contribution in [0.4, 0.5) is 4.39 Å². The van der Waals surface area contributed by atoms with Crippen molar-refractivity contribution >= 4 is 17.2 Å². The van der Waals surface area contributed by atoms with Gasteiger partial charge < -0.3 is 5.32 Å². The fourth-order valence-electron chi connectivity index (χ4n) is 2.30. The van der Waals surface area contributed by atoms with E-state index in [0.717, 1.165) is 17.7 Å². The molecule has 2 aromatic rings. The zero-order valence-electron chi connectivity index (χ0n) is 10.3. The number of aryl methyl sites for hydroxylation is 2. The molecule has 0 atom stereocenters. The van der Waals surface area contributed by atoms with Gasteiger partial charge in [-0.05, 0) is 43.0 Å². The average Bonchev–Trinajstić information content (AvgIpc) is 2.97. The topological polar surface area (TPSA) is 42.0 Å². The van der Waals surface area contributed by atoms with Gasteiger partial charge in [-0.2, -0.15) is 4.39 Å². The lowest BCUT2D eigenvalue weighted by atomic mass is 10.2. The number of nitrogens with one attached hydrogen (secondary N) is 1. The molecule has 1 aliphatic rings. The summed E-state index contributed by atoms with van der Waals surface area (Å²) in [6.07, 6.45) is 4.84. The number of thiophene rings is 1. The maximum Gasteiger partial charge on any atom is 0.256 e. The van der Waals surface area contributed by atoms with E-state index in [1.165, 1.54) is 29.1 Å². The lowest BCUT2D eigenvalue weighted by Crippen LogP contribution is -2.23. The SMILES string of the molecule is O=C(NCc1cc2c(s1)CCC2)c1cccnc1F. The Hall–Kier alpha value is -1.75. The quantitative estimate of drug-likeness (QED) is 0.876. The smallest absolute Gasteiger partial charge is 0.256 e. The van der Waals surface area contributed by atoms with Gasteiger partial charge in [-0.15, -0.1) is 11.3 Å². The molecule has 0 aliphatic heterocycles. The zero-order chi connectivity index (χ0) is 13.2. The molecule has 3 rings (SSSR count). The number of carbonyl (C=O) groups is 1. The first-order chi connectivity index (χ1) is 9.24. The molecule has 0 saturated heterocycles. The molecule has 2 aromatic heterocycles. The molecule has 0 saturated carbocycles. The van der Waals surface area contributed by atoms with E-state index < -0.39 is 11.9 Å². The van der Waals surface area contributed by atoms with Crippen molar-refractivity contribution in [3.05, 3.63) is 51.2 Å². The van der Waals surface area contributed by atoms with E-state index in [9.17, 15) is 9.18 Å². The third-order valence-electron chi connectivity index (χ3n) is 3.22. The fraction of sp³-hybridized carbons (Fsp3) is 0.286. The minimum atomic E-state index is -0.728. The van der Waals surface area contributed by atoms with E-state index in [2.05, 4.69) is 16.4 Å². The Morgan fingerprint density at radius 2 is 2.37 bits per heavy atom. The molecule has 98 valence electrons. The summed E-state index contributed by atoms with van der Waals surface area (Å²) in [5.41, 5.74) is 1.40. The highest BCUT2D eigenvalue weighted by Crippen LogP contribution is 2.30. The van der Waals surface area contributed by atoms with Gasteiger partial charge in [0, 0.05) is 16.0 Å². The summed E-state index contributed by atoms with van der Waals surface area (Å²) in [4.78, 5) is 17.9. The molecule has 1 amide bonds. The van der Waals surface area contributed by atoms with Crippen LogP contribution < -0.4 is 5.32 Å². The van der Waals surface area contributed by atoms with Crippen molar-refractivity contribution in [1.29, 1.82) is 0 Å². The van der Waals surface area contributed by atoms with Crippen molar-refractivity contribution < 1.29 is 9.18 Å². The molecule has 1 aliphatic carbocycles. The van der Waals surface area contributed by atoms with E-state index >= 15 is 0 Å². The maximum absolute atomic E-state index is 13.3. The van der Waals surface area contributed by atoms with Gasteiger partial charge in [0.2, 0.25) is 5.95 Å². The number of fused-ring (bicyclic) bond motifs is 1. The van der Waals surface area contributed by atoms with E-state index in [4.69, 9.17) is 0 Å². The van der Waals surface area contributed by atoms with E-state index in [-0.39, 0.29) is 5.56 Å². The molecule has 0 unspecified atom stereocenters. The first-order valence-corrected chi connectivity index (χ1v) is 7.05. The van der Waals surface area contributed by atoms with Gasteiger partial charge in [0.15, 0.2) is 0 Å². The van der Waals surface area contributed by atoms with Crippen LogP contribution in [-0.2, 0) is 19.4 Å². The number of halogens is 1. The van der Waals surface area contributed by atoms with Crippen molar-refractivity contribution in [3.63, 3.8) is 0 Å². The number of rotatable bonds is 3. The normalized spacial score (nSPS) is 13.3. The van der Waals surface area contributed by atoms with Crippen LogP contribution in [0.2, 0.25) is 0 Å². The Labute approximate surface area is 114 Å². The molecule has 1 N–H and O–H groups in total. The van der Waals surface area contributed by atoms with Crippen LogP contribution in [0.3, 0.4) is 0 Å². The molecule has 0 aromatic carbocycles. The Morgan fingerprint density at radius 3 is 3.16 bits per heavy atom. The largest absolute Gasteiger partial charge is 0.347 e. The number of carbonyl (C=O) groups excluding carboxylic acids is 1. The van der Waals surface area contributed by atoms with Gasteiger partial charge in [-0.3, -0.25) is 4.79 Å². The van der Waals surface area contributed by atoms with Crippen LogP contribution in [0.1, 0.15) is 32.1 Å². The van der Waals surface area contributed by atoms with Crippen molar-refractivity contribution in [2.45, 2.75) is 25.8 Å². The number of aromatic nitrogens is 1. The second-order valence-corrected chi connectivity index (χ2v) is 5.76. The summed E-state index contributed by atoms with van der Waals surface area (Å²) in [6, 6.07) is 5.14. The summed E-state index contributed by atoms with van der Waals surface area (Å²) in [7, 11) is 0. The second-order valence-electron chi connectivity index (χ2n) is 4.54. The highest BCUT2D eigenvalue weighted by Gasteiger charge is 2.16. The maximum atomic E-state index is 13.3. The molecule has 0 spiro atoms. The number of nitrogens with zero attached hydrogens (tertiary/aromatic N) is 1. The van der Waals surface area contributed by atoms with Crippen LogP contribution >= 0.6 is 11.3 Å². The lowest BCUT2D eigenvalue weighted by Gasteiger charge is -2.04. The summed E-state index contributed by atoms with van der Waals surface area (Å²) in [6.45, 7) is 0.449. The van der Waals surface area contributed by atoms with Gasteiger partial charge in [0.1, 0.15) is 0 Å². The summed E-state index contributed by atoms with van der Waals surface area (Å²) < 4.78 is 13.3. The van der Waals surface area contributed by atoms with Crippen LogP contribution in [0.5, 0.6) is 0 Å². The summed E-state index contributed by atoms with van der Waals surface area (Å²) in [5, 5.41) is 2.74. The Morgan fingerprint density at radius 1 is 1.47 bits per heavy atom. The van der Waals surface area contributed by atoms with E-state index in [1.807, 2.05) is 0 Å². The van der Waals surface area contributed by atoms with Crippen molar-refractivity contribution in [2.24, 2.45) is 0 Å². The van der Waals surface area contributed by atoms with Crippen molar-refractivity contribution in [2.75, 3.05) is 0 Å². The lowest BCUT2D eigenvalue weighted by molar-refractivity contribution is 0.0946. The summed E-state index contributed by atoms with van der Waals surface area (Å²) in [5.74, 6) is -1.15. The van der Waals surface area contributed by atoms with E-state index in [0.29, 0.717) is 6.54 Å². The molecule has 3 nitrogen and oxygen atoms in total. The Balaban J connectivity index is 1.66. The summed E-state index contributed by atoms with van der Waals surface area (Å²) >= 11 is 1.74. The van der Waals surface area contributed by atoms with Crippen LogP contribution in [0, 0.1) is 5.95 Å². The van der Waals surface area contributed by atoms with Crippen LogP contribution in [-0.4, -0.2) is 10.9 Å². The Bertz CT molecular complexity index is 602. The average molecular weight is 276 g/mol. The van der Waals surface area contributed by atoms with Crippen LogP contribution in [0.15, 0.2) is 24.4 Å². The van der Waals surface area contributed by atoms with Crippen molar-refractivity contribution in [1.82, 2.24) is 10.3 Å².